The van der Waals surface area contributed by atoms with Crippen molar-refractivity contribution >= 4 is 11.6 Å². The molecule has 0 aromatic carbocycles. The van der Waals surface area contributed by atoms with Crippen LogP contribution in [0.2, 0.25) is 0 Å². The molecule has 1 aromatic heterocycles. The van der Waals surface area contributed by atoms with Crippen LogP contribution in [-0.2, 0) is 0 Å². The maximum atomic E-state index is 13.8. The molecule has 0 aliphatic carbocycles. The molecule has 2 heterocycles. The minimum absolute atomic E-state index is 0.0870. The molecule has 1 aliphatic heterocycles. The Hall–Kier alpha value is -1.43. The van der Waals surface area contributed by atoms with Gasteiger partial charge in [-0.05, 0) is 20.0 Å². The summed E-state index contributed by atoms with van der Waals surface area (Å²) in [6, 6.07) is 0.892. The van der Waals surface area contributed by atoms with Gasteiger partial charge in [-0.25, -0.2) is 13.8 Å². The molecule has 18 heavy (non-hydrogen) atoms. The molecule has 0 spiro atoms. The summed E-state index contributed by atoms with van der Waals surface area (Å²) in [4.78, 5) is 8.10. The maximum Gasteiger partial charge on any atom is 0.168 e. The van der Waals surface area contributed by atoms with E-state index in [9.17, 15) is 8.78 Å². The quantitative estimate of drug-likeness (QED) is 0.870. The second kappa shape index (κ2) is 5.48. The summed E-state index contributed by atoms with van der Waals surface area (Å²) < 4.78 is 27.1. The van der Waals surface area contributed by atoms with E-state index in [0.717, 1.165) is 32.1 Å². The van der Waals surface area contributed by atoms with E-state index in [0.29, 0.717) is 6.54 Å². The molecule has 0 atom stereocenters. The van der Waals surface area contributed by atoms with Gasteiger partial charge in [0.25, 0.3) is 0 Å². The van der Waals surface area contributed by atoms with Gasteiger partial charge >= 0.3 is 0 Å². The van der Waals surface area contributed by atoms with Crippen LogP contribution in [0.5, 0.6) is 0 Å². The fraction of sp³-hybridized carbons (Fsp3) is 0.583. The second-order valence-corrected chi connectivity index (χ2v) is 4.52. The summed E-state index contributed by atoms with van der Waals surface area (Å²) >= 11 is 0. The van der Waals surface area contributed by atoms with Crippen molar-refractivity contribution in [2.24, 2.45) is 0 Å². The van der Waals surface area contributed by atoms with Crippen molar-refractivity contribution in [2.45, 2.75) is 6.42 Å². The zero-order valence-corrected chi connectivity index (χ0v) is 10.7. The van der Waals surface area contributed by atoms with E-state index >= 15 is 0 Å². The number of nitrogens with one attached hydrogen (secondary N) is 1. The fourth-order valence-electron chi connectivity index (χ4n) is 2.11. The van der Waals surface area contributed by atoms with E-state index in [1.54, 1.807) is 7.05 Å². The van der Waals surface area contributed by atoms with Crippen LogP contribution in [0.25, 0.3) is 0 Å². The highest BCUT2D eigenvalue weighted by Crippen LogP contribution is 2.23. The molecule has 1 fully saturated rings. The van der Waals surface area contributed by atoms with Crippen LogP contribution in [0, 0.1) is 11.6 Å². The highest BCUT2D eigenvalue weighted by atomic mass is 19.1. The number of nitrogens with zero attached hydrogens (tertiary/aromatic N) is 3. The van der Waals surface area contributed by atoms with Gasteiger partial charge in [-0.2, -0.15) is 0 Å². The van der Waals surface area contributed by atoms with Gasteiger partial charge < -0.3 is 15.1 Å². The zero-order chi connectivity index (χ0) is 13.1. The first-order chi connectivity index (χ1) is 8.61. The predicted molar refractivity (Wildman–Crippen MR) is 68.0 cm³/mol. The normalized spacial score (nSPS) is 17.7. The van der Waals surface area contributed by atoms with Crippen molar-refractivity contribution in [2.75, 3.05) is 50.5 Å². The van der Waals surface area contributed by atoms with Crippen molar-refractivity contribution < 1.29 is 8.78 Å². The highest BCUT2D eigenvalue weighted by molar-refractivity contribution is 5.49. The Kier molecular flexibility index (Phi) is 3.96. The Morgan fingerprint density at radius 2 is 1.94 bits per heavy atom. The molecule has 0 saturated carbocycles. The topological polar surface area (TPSA) is 31.4 Å². The first-order valence-corrected chi connectivity index (χ1v) is 6.09. The van der Waals surface area contributed by atoms with E-state index in [-0.39, 0.29) is 11.6 Å². The monoisotopic (exact) mass is 256 g/mol. The summed E-state index contributed by atoms with van der Waals surface area (Å²) in [7, 11) is 3.61. The summed E-state index contributed by atoms with van der Waals surface area (Å²) in [5.41, 5.74) is 0. The van der Waals surface area contributed by atoms with Crippen molar-refractivity contribution in [3.8, 4) is 0 Å². The lowest BCUT2D eigenvalue weighted by atomic mass is 10.3. The van der Waals surface area contributed by atoms with Crippen LogP contribution in [0.15, 0.2) is 6.07 Å². The average Bonchev–Trinajstić information content (AvgIpc) is 2.54. The molecule has 2 rings (SSSR count). The molecule has 0 radical (unpaired) electrons. The minimum Gasteiger partial charge on any atom is -0.371 e. The van der Waals surface area contributed by atoms with Gasteiger partial charge in [-0.3, -0.25) is 0 Å². The third-order valence-electron chi connectivity index (χ3n) is 3.17. The molecule has 1 N–H and O–H groups in total. The molecule has 4 nitrogen and oxygen atoms in total. The first-order valence-electron chi connectivity index (χ1n) is 6.09. The Bertz CT molecular complexity index is 425. The van der Waals surface area contributed by atoms with Gasteiger partial charge in [0.05, 0.1) is 0 Å². The molecule has 0 amide bonds. The molecule has 1 saturated heterocycles. The lowest BCUT2D eigenvalue weighted by molar-refractivity contribution is 0.360. The maximum absolute atomic E-state index is 13.8. The van der Waals surface area contributed by atoms with Crippen LogP contribution in [0.1, 0.15) is 6.42 Å². The molecule has 0 bridgehead atoms. The van der Waals surface area contributed by atoms with E-state index in [2.05, 4.69) is 15.2 Å². The van der Waals surface area contributed by atoms with Gasteiger partial charge in [0.1, 0.15) is 0 Å². The third-order valence-corrected chi connectivity index (χ3v) is 3.17. The number of rotatable bonds is 2. The van der Waals surface area contributed by atoms with E-state index in [4.69, 9.17) is 0 Å². The van der Waals surface area contributed by atoms with Crippen molar-refractivity contribution in [1.29, 1.82) is 0 Å². The van der Waals surface area contributed by atoms with Crippen LogP contribution in [0.4, 0.5) is 20.4 Å². The number of pyridine rings is 1. The van der Waals surface area contributed by atoms with Gasteiger partial charge in [0.15, 0.2) is 23.3 Å². The average molecular weight is 256 g/mol. The third kappa shape index (κ3) is 2.69. The van der Waals surface area contributed by atoms with E-state index < -0.39 is 11.6 Å². The largest absolute Gasteiger partial charge is 0.371 e. The number of hydrogen-bond donors (Lipinski definition) is 1. The molecule has 6 heteroatoms. The predicted octanol–water partition coefficient (Wildman–Crippen LogP) is 1.54. The number of likely N-dealkylation sites (N-methyl/N-ethyl adjacent to an activating group) is 1. The van der Waals surface area contributed by atoms with Crippen molar-refractivity contribution in [3.63, 3.8) is 0 Å². The van der Waals surface area contributed by atoms with E-state index in [1.165, 1.54) is 0 Å². The molecule has 1 aromatic rings. The lowest BCUT2D eigenvalue weighted by Gasteiger charge is -2.22. The second-order valence-electron chi connectivity index (χ2n) is 4.52. The van der Waals surface area contributed by atoms with Gasteiger partial charge in [-0.15, -0.1) is 0 Å². The van der Waals surface area contributed by atoms with Crippen LogP contribution in [-0.4, -0.2) is 50.2 Å². The standard InChI is InChI=1S/C12H18F2N4/c1-15-11-9(13)8-10(14)12(16-11)18-5-3-4-17(2)6-7-18/h8H,3-7H2,1-2H3,(H,15,16). The smallest absolute Gasteiger partial charge is 0.168 e. The Labute approximate surface area is 106 Å². The molecule has 100 valence electrons. The number of halogens is 2. The lowest BCUT2D eigenvalue weighted by Crippen LogP contribution is -2.30. The molecule has 0 unspecified atom stereocenters. The molecule has 1 aliphatic rings. The van der Waals surface area contributed by atoms with Crippen molar-refractivity contribution in [1.82, 2.24) is 9.88 Å². The van der Waals surface area contributed by atoms with Gasteiger partial charge in [-0.1, -0.05) is 0 Å². The SMILES string of the molecule is CNc1nc(N2CCCN(C)CC2)c(F)cc1F. The first kappa shape index (κ1) is 13.0. The Balaban J connectivity index is 2.26. The molecular formula is C12H18F2N4. The van der Waals surface area contributed by atoms with Gasteiger partial charge in [0.2, 0.25) is 0 Å². The summed E-state index contributed by atoms with van der Waals surface area (Å²) in [5.74, 6) is -0.943. The van der Waals surface area contributed by atoms with Gasteiger partial charge in [0, 0.05) is 32.7 Å². The van der Waals surface area contributed by atoms with E-state index in [1.807, 2.05) is 11.9 Å². The highest BCUT2D eigenvalue weighted by Gasteiger charge is 2.19. The van der Waals surface area contributed by atoms with Crippen molar-refractivity contribution in [3.05, 3.63) is 17.7 Å². The van der Waals surface area contributed by atoms with Crippen LogP contribution >= 0.6 is 0 Å². The zero-order valence-electron chi connectivity index (χ0n) is 10.7. The van der Waals surface area contributed by atoms with Crippen LogP contribution < -0.4 is 10.2 Å². The number of aromatic nitrogens is 1. The number of hydrogen-bond acceptors (Lipinski definition) is 4. The summed E-state index contributed by atoms with van der Waals surface area (Å²) in [6.45, 7) is 3.28. The number of anilines is 2. The Morgan fingerprint density at radius 1 is 1.17 bits per heavy atom. The Morgan fingerprint density at radius 3 is 2.67 bits per heavy atom. The fourth-order valence-corrected chi connectivity index (χ4v) is 2.11. The molecular weight excluding hydrogens is 238 g/mol. The summed E-state index contributed by atoms with van der Waals surface area (Å²) in [5, 5.41) is 2.64. The minimum atomic E-state index is -0.661. The summed E-state index contributed by atoms with van der Waals surface area (Å²) in [6.07, 6.45) is 0.948. The van der Waals surface area contributed by atoms with Crippen LogP contribution in [0.3, 0.4) is 0 Å².